The van der Waals surface area contributed by atoms with E-state index < -0.39 is 4.92 Å². The van der Waals surface area contributed by atoms with E-state index in [1.54, 1.807) is 24.4 Å². The van der Waals surface area contributed by atoms with Crippen molar-refractivity contribution in [1.29, 1.82) is 0 Å². The summed E-state index contributed by atoms with van der Waals surface area (Å²) in [5, 5.41) is 14.5. The van der Waals surface area contributed by atoms with E-state index >= 15 is 0 Å². The van der Waals surface area contributed by atoms with Crippen molar-refractivity contribution < 1.29 is 9.66 Å². The number of para-hydroxylation sites is 1. The van der Waals surface area contributed by atoms with Crippen LogP contribution in [0.15, 0.2) is 72.2 Å². The highest BCUT2D eigenvalue weighted by molar-refractivity contribution is 7.13. The first-order chi connectivity index (χ1) is 14.2. The van der Waals surface area contributed by atoms with Crippen molar-refractivity contribution in [3.05, 3.63) is 82.4 Å². The number of nitro groups is 1. The lowest BCUT2D eigenvalue weighted by Crippen LogP contribution is -1.97. The number of ether oxygens (including phenoxy) is 1. The van der Waals surface area contributed by atoms with Crippen molar-refractivity contribution in [2.75, 3.05) is 0 Å². The van der Waals surface area contributed by atoms with Crippen LogP contribution < -0.4 is 4.74 Å². The Morgan fingerprint density at radius 1 is 0.931 bits per heavy atom. The average molecular weight is 400 g/mol. The van der Waals surface area contributed by atoms with Gasteiger partial charge in [-0.15, -0.1) is 11.3 Å². The molecule has 0 amide bonds. The predicted molar refractivity (Wildman–Crippen MR) is 111 cm³/mol. The maximum absolute atomic E-state index is 11.4. The Labute approximate surface area is 168 Å². The Balaban J connectivity index is 1.70. The van der Waals surface area contributed by atoms with E-state index in [0.29, 0.717) is 28.4 Å². The van der Waals surface area contributed by atoms with Gasteiger partial charge < -0.3 is 4.74 Å². The van der Waals surface area contributed by atoms with Gasteiger partial charge in [0.2, 0.25) is 5.88 Å². The van der Waals surface area contributed by atoms with Gasteiger partial charge in [-0.1, -0.05) is 18.2 Å². The van der Waals surface area contributed by atoms with Gasteiger partial charge in [-0.25, -0.2) is 4.98 Å². The van der Waals surface area contributed by atoms with Gasteiger partial charge in [-0.3, -0.25) is 15.1 Å². The summed E-state index contributed by atoms with van der Waals surface area (Å²) in [6.07, 6.45) is 1.58. The van der Waals surface area contributed by atoms with E-state index in [-0.39, 0.29) is 5.69 Å². The second-order valence-corrected chi connectivity index (χ2v) is 7.14. The number of rotatable bonds is 4. The van der Waals surface area contributed by atoms with Gasteiger partial charge in [-0.05, 0) is 41.8 Å². The third kappa shape index (κ3) is 3.05. The maximum Gasteiger partial charge on any atom is 0.279 e. The largest absolute Gasteiger partial charge is 0.436 e. The fourth-order valence-electron chi connectivity index (χ4n) is 3.12. The van der Waals surface area contributed by atoms with Gasteiger partial charge in [0.25, 0.3) is 5.69 Å². The van der Waals surface area contributed by atoms with Crippen molar-refractivity contribution in [2.45, 2.75) is 0 Å². The molecule has 0 spiro atoms. The molecule has 3 heterocycles. The van der Waals surface area contributed by atoms with Crippen molar-refractivity contribution in [2.24, 2.45) is 0 Å². The number of nitro benzene ring substituents is 1. The molecule has 29 heavy (non-hydrogen) atoms. The summed E-state index contributed by atoms with van der Waals surface area (Å²) >= 11 is 1.54. The van der Waals surface area contributed by atoms with E-state index in [2.05, 4.69) is 15.0 Å². The molecule has 0 radical (unpaired) electrons. The monoisotopic (exact) mass is 400 g/mol. The van der Waals surface area contributed by atoms with Crippen LogP contribution in [0.3, 0.4) is 0 Å². The fourth-order valence-corrected chi connectivity index (χ4v) is 3.78. The number of benzene rings is 2. The second kappa shape index (κ2) is 6.92. The second-order valence-electron chi connectivity index (χ2n) is 6.19. The molecule has 0 fully saturated rings. The Hall–Kier alpha value is -3.91. The Morgan fingerprint density at radius 2 is 1.79 bits per heavy atom. The van der Waals surface area contributed by atoms with Gasteiger partial charge in [0.15, 0.2) is 11.6 Å². The van der Waals surface area contributed by atoms with E-state index in [1.165, 1.54) is 17.4 Å². The lowest BCUT2D eigenvalue weighted by molar-refractivity contribution is -0.383. The first kappa shape index (κ1) is 17.2. The molecule has 0 aliphatic rings. The van der Waals surface area contributed by atoms with Crippen LogP contribution in [0.25, 0.3) is 32.5 Å². The Morgan fingerprint density at radius 3 is 2.62 bits per heavy atom. The van der Waals surface area contributed by atoms with E-state index in [0.717, 1.165) is 15.8 Å². The summed E-state index contributed by atoms with van der Waals surface area (Å²) in [6.45, 7) is 0. The number of hydrogen-bond acceptors (Lipinski definition) is 7. The highest BCUT2D eigenvalue weighted by Crippen LogP contribution is 2.36. The van der Waals surface area contributed by atoms with Crippen LogP contribution in [0, 0.1) is 10.1 Å². The molecule has 0 aliphatic heterocycles. The van der Waals surface area contributed by atoms with Crippen LogP contribution in [0.4, 0.5) is 5.69 Å². The number of fused-ring (bicyclic) bond motifs is 2. The molecule has 3 aromatic heterocycles. The van der Waals surface area contributed by atoms with Crippen molar-refractivity contribution in [3.8, 4) is 22.3 Å². The zero-order valence-electron chi connectivity index (χ0n) is 14.9. The number of hydrogen-bond donors (Lipinski definition) is 0. The molecule has 5 rings (SSSR count). The summed E-state index contributed by atoms with van der Waals surface area (Å²) in [5.74, 6) is 1.33. The lowest BCUT2D eigenvalue weighted by atomic mass is 10.1. The summed E-state index contributed by atoms with van der Waals surface area (Å²) < 4.78 is 6.15. The van der Waals surface area contributed by atoms with E-state index in [9.17, 15) is 10.1 Å². The molecule has 0 aliphatic carbocycles. The molecule has 140 valence electrons. The van der Waals surface area contributed by atoms with Crippen LogP contribution >= 0.6 is 11.3 Å². The number of thiophene rings is 1. The molecule has 0 N–H and O–H groups in total. The molecular weight excluding hydrogens is 388 g/mol. The first-order valence-corrected chi connectivity index (χ1v) is 9.59. The summed E-state index contributed by atoms with van der Waals surface area (Å²) in [7, 11) is 0. The molecule has 0 saturated heterocycles. The summed E-state index contributed by atoms with van der Waals surface area (Å²) in [4.78, 5) is 25.4. The number of pyridine rings is 1. The van der Waals surface area contributed by atoms with Gasteiger partial charge in [0.1, 0.15) is 5.52 Å². The molecule has 0 bridgehead atoms. The molecule has 7 nitrogen and oxygen atoms in total. The zero-order chi connectivity index (χ0) is 19.8. The standard InChI is InChI=1S/C21H12N4O3S/c26-25(27)16-9-10-17(19-14(16)6-3-11-22-19)28-21-13-5-1-2-7-15(13)23-20(24-21)18-8-4-12-29-18/h1-12H. The molecule has 0 unspecified atom stereocenters. The molecule has 0 atom stereocenters. The zero-order valence-corrected chi connectivity index (χ0v) is 15.7. The first-order valence-electron chi connectivity index (χ1n) is 8.71. The number of non-ortho nitro benzene ring substituents is 1. The molecule has 5 aromatic rings. The lowest BCUT2D eigenvalue weighted by Gasteiger charge is -2.11. The van der Waals surface area contributed by atoms with Crippen LogP contribution in [-0.2, 0) is 0 Å². The van der Waals surface area contributed by atoms with E-state index in [1.807, 2.05) is 41.8 Å². The minimum absolute atomic E-state index is 0.0210. The van der Waals surface area contributed by atoms with Crippen molar-refractivity contribution in [3.63, 3.8) is 0 Å². The number of nitrogens with zero attached hydrogens (tertiary/aromatic N) is 4. The summed E-state index contributed by atoms with van der Waals surface area (Å²) in [5.41, 5.74) is 1.13. The third-order valence-electron chi connectivity index (χ3n) is 4.42. The quantitative estimate of drug-likeness (QED) is 0.288. The SMILES string of the molecule is O=[N+]([O-])c1ccc(Oc2nc(-c3cccs3)nc3ccccc23)c2ncccc12. The predicted octanol–water partition coefficient (Wildman–Crippen LogP) is 5.61. The fraction of sp³-hybridized carbons (Fsp3) is 0. The normalized spacial score (nSPS) is 11.0. The smallest absolute Gasteiger partial charge is 0.279 e. The average Bonchev–Trinajstić information content (AvgIpc) is 3.28. The maximum atomic E-state index is 11.4. The summed E-state index contributed by atoms with van der Waals surface area (Å²) in [6, 6.07) is 17.7. The highest BCUT2D eigenvalue weighted by atomic mass is 32.1. The van der Waals surface area contributed by atoms with Crippen molar-refractivity contribution >= 4 is 38.8 Å². The third-order valence-corrected chi connectivity index (χ3v) is 5.29. The van der Waals surface area contributed by atoms with E-state index in [4.69, 9.17) is 4.74 Å². The van der Waals surface area contributed by atoms with Crippen LogP contribution in [-0.4, -0.2) is 19.9 Å². The van der Waals surface area contributed by atoms with Crippen LogP contribution in [0.1, 0.15) is 0 Å². The minimum Gasteiger partial charge on any atom is -0.436 e. The van der Waals surface area contributed by atoms with Crippen molar-refractivity contribution in [1.82, 2.24) is 15.0 Å². The molecule has 2 aromatic carbocycles. The van der Waals surface area contributed by atoms with Crippen LogP contribution in [0.2, 0.25) is 0 Å². The number of aromatic nitrogens is 3. The Kier molecular flexibility index (Phi) is 4.10. The van der Waals surface area contributed by atoms with Gasteiger partial charge >= 0.3 is 0 Å². The molecule has 0 saturated carbocycles. The Bertz CT molecular complexity index is 1370. The van der Waals surface area contributed by atoms with Gasteiger partial charge in [0, 0.05) is 12.3 Å². The molecule has 8 heteroatoms. The molecular formula is C21H12N4O3S. The van der Waals surface area contributed by atoms with Gasteiger partial charge in [0.05, 0.1) is 26.1 Å². The van der Waals surface area contributed by atoms with Crippen LogP contribution in [0.5, 0.6) is 11.6 Å². The topological polar surface area (TPSA) is 91.0 Å². The highest BCUT2D eigenvalue weighted by Gasteiger charge is 2.18. The minimum atomic E-state index is -0.428. The van der Waals surface area contributed by atoms with Gasteiger partial charge in [-0.2, -0.15) is 4.98 Å².